The summed E-state index contributed by atoms with van der Waals surface area (Å²) in [6.07, 6.45) is 1.66. The van der Waals surface area contributed by atoms with Crippen LogP contribution in [0.3, 0.4) is 0 Å². The number of anilines is 1. The third kappa shape index (κ3) is 4.42. The van der Waals surface area contributed by atoms with Gasteiger partial charge in [0.25, 0.3) is 0 Å². The molecule has 1 fully saturated rings. The summed E-state index contributed by atoms with van der Waals surface area (Å²) in [7, 11) is 3.21. The molecule has 0 radical (unpaired) electrons. The van der Waals surface area contributed by atoms with Crippen LogP contribution < -0.4 is 19.7 Å². The molecule has 0 aliphatic carbocycles. The van der Waals surface area contributed by atoms with Crippen molar-refractivity contribution in [3.05, 3.63) is 54.1 Å². The van der Waals surface area contributed by atoms with Crippen molar-refractivity contribution < 1.29 is 19.1 Å². The van der Waals surface area contributed by atoms with Crippen molar-refractivity contribution in [1.82, 2.24) is 5.32 Å². The largest absolute Gasteiger partial charge is 0.497 e. The zero-order chi connectivity index (χ0) is 21.7. The van der Waals surface area contributed by atoms with Crippen LogP contribution in [0, 0.1) is 5.92 Å². The number of nitrogens with zero attached hydrogens (tertiary/aromatic N) is 1. The minimum Gasteiger partial charge on any atom is -0.497 e. The molecule has 30 heavy (non-hydrogen) atoms. The summed E-state index contributed by atoms with van der Waals surface area (Å²) in [5.41, 5.74) is 1.56. The highest BCUT2D eigenvalue weighted by molar-refractivity contribution is 5.97. The fourth-order valence-corrected chi connectivity index (χ4v) is 3.93. The van der Waals surface area contributed by atoms with Crippen molar-refractivity contribution in [2.24, 2.45) is 5.92 Å². The number of carbonyl (C=O) groups is 2. The Morgan fingerprint density at radius 2 is 1.83 bits per heavy atom. The molecule has 1 saturated heterocycles. The number of benzene rings is 2. The van der Waals surface area contributed by atoms with Crippen molar-refractivity contribution in [1.29, 1.82) is 0 Å². The molecule has 1 aliphatic rings. The van der Waals surface area contributed by atoms with Gasteiger partial charge in [-0.25, -0.2) is 0 Å². The van der Waals surface area contributed by atoms with Gasteiger partial charge in [0.1, 0.15) is 11.5 Å². The Labute approximate surface area is 178 Å². The smallest absolute Gasteiger partial charge is 0.227 e. The van der Waals surface area contributed by atoms with Crippen LogP contribution in [0.25, 0.3) is 0 Å². The highest BCUT2D eigenvalue weighted by Crippen LogP contribution is 2.43. The molecule has 2 amide bonds. The maximum Gasteiger partial charge on any atom is 0.227 e. The molecule has 2 aromatic rings. The molecule has 1 aliphatic heterocycles. The Hall–Kier alpha value is -3.02. The number of piperidine rings is 1. The van der Waals surface area contributed by atoms with Gasteiger partial charge in [-0.2, -0.15) is 0 Å². The molecule has 3 rings (SSSR count). The fraction of sp³-hybridized carbons (Fsp3) is 0.417. The van der Waals surface area contributed by atoms with Gasteiger partial charge in [0.05, 0.1) is 26.2 Å². The van der Waals surface area contributed by atoms with E-state index in [4.69, 9.17) is 9.47 Å². The molecular weight excluding hydrogens is 380 g/mol. The van der Waals surface area contributed by atoms with Crippen molar-refractivity contribution in [2.45, 2.75) is 45.2 Å². The van der Waals surface area contributed by atoms with Crippen LogP contribution in [0.5, 0.6) is 11.5 Å². The Balaban J connectivity index is 2.09. The standard InChI is InChI=1S/C24H30N2O4/c1-5-16(2)25-24(28)20-14-15-22(27)26(17-10-12-18(29-3)13-11-17)23(20)19-8-6-7-9-21(19)30-4/h6-13,16,20,23H,5,14-15H2,1-4H3,(H,25,28). The molecular formula is C24H30N2O4. The van der Waals surface area contributed by atoms with Crippen LogP contribution in [-0.2, 0) is 9.59 Å². The second-order valence-electron chi connectivity index (χ2n) is 7.61. The van der Waals surface area contributed by atoms with Gasteiger partial charge in [0.15, 0.2) is 0 Å². The van der Waals surface area contributed by atoms with E-state index in [-0.39, 0.29) is 23.8 Å². The second-order valence-corrected chi connectivity index (χ2v) is 7.61. The van der Waals surface area contributed by atoms with Crippen LogP contribution in [0.2, 0.25) is 0 Å². The summed E-state index contributed by atoms with van der Waals surface area (Å²) in [5.74, 6) is 0.949. The second kappa shape index (κ2) is 9.65. The summed E-state index contributed by atoms with van der Waals surface area (Å²) < 4.78 is 10.9. The number of nitrogens with one attached hydrogen (secondary N) is 1. The van der Waals surface area contributed by atoms with Gasteiger partial charge in [-0.05, 0) is 50.1 Å². The van der Waals surface area contributed by atoms with Crippen molar-refractivity contribution >= 4 is 17.5 Å². The lowest BCUT2D eigenvalue weighted by molar-refractivity contribution is -0.129. The van der Waals surface area contributed by atoms with Gasteiger partial charge < -0.3 is 19.7 Å². The predicted octanol–water partition coefficient (Wildman–Crippen LogP) is 4.10. The van der Waals surface area contributed by atoms with Crippen LogP contribution >= 0.6 is 0 Å². The van der Waals surface area contributed by atoms with Crippen LogP contribution in [-0.4, -0.2) is 32.1 Å². The molecule has 6 nitrogen and oxygen atoms in total. The maximum absolute atomic E-state index is 13.2. The highest BCUT2D eigenvalue weighted by atomic mass is 16.5. The summed E-state index contributed by atoms with van der Waals surface area (Å²) >= 11 is 0. The number of hydrogen-bond acceptors (Lipinski definition) is 4. The van der Waals surface area contributed by atoms with E-state index in [1.54, 1.807) is 19.1 Å². The first kappa shape index (κ1) is 21.7. The molecule has 6 heteroatoms. The zero-order valence-electron chi connectivity index (χ0n) is 18.1. The van der Waals surface area contributed by atoms with E-state index in [9.17, 15) is 9.59 Å². The molecule has 1 N–H and O–H groups in total. The summed E-state index contributed by atoms with van der Waals surface area (Å²) in [4.78, 5) is 28.1. The number of rotatable bonds is 7. The number of hydrogen-bond donors (Lipinski definition) is 1. The van der Waals surface area contributed by atoms with Crippen molar-refractivity contribution in [2.75, 3.05) is 19.1 Å². The van der Waals surface area contributed by atoms with E-state index in [1.165, 1.54) is 0 Å². The van der Waals surface area contributed by atoms with Gasteiger partial charge in [-0.15, -0.1) is 0 Å². The van der Waals surface area contributed by atoms with E-state index < -0.39 is 6.04 Å². The predicted molar refractivity (Wildman–Crippen MR) is 117 cm³/mol. The maximum atomic E-state index is 13.2. The first-order chi connectivity index (χ1) is 14.5. The monoisotopic (exact) mass is 410 g/mol. The highest BCUT2D eigenvalue weighted by Gasteiger charge is 2.42. The van der Waals surface area contributed by atoms with E-state index >= 15 is 0 Å². The minimum absolute atomic E-state index is 0.0105. The lowest BCUT2D eigenvalue weighted by atomic mass is 9.82. The SMILES string of the molecule is CCC(C)NC(=O)C1CCC(=O)N(c2ccc(OC)cc2)C1c1ccccc1OC. The summed E-state index contributed by atoms with van der Waals surface area (Å²) in [5, 5.41) is 3.10. The number of para-hydroxylation sites is 1. The van der Waals surface area contributed by atoms with E-state index in [0.717, 1.165) is 17.7 Å². The average molecular weight is 411 g/mol. The molecule has 0 bridgehead atoms. The molecule has 3 unspecified atom stereocenters. The fourth-order valence-electron chi connectivity index (χ4n) is 3.93. The van der Waals surface area contributed by atoms with Crippen molar-refractivity contribution in [3.8, 4) is 11.5 Å². The Bertz CT molecular complexity index is 881. The van der Waals surface area contributed by atoms with Gasteiger partial charge in [0.2, 0.25) is 11.8 Å². The van der Waals surface area contributed by atoms with Crippen LogP contribution in [0.1, 0.15) is 44.7 Å². The molecule has 0 aromatic heterocycles. The number of amides is 2. The number of ether oxygens (including phenoxy) is 2. The molecule has 3 atom stereocenters. The lowest BCUT2D eigenvalue weighted by Crippen LogP contribution is -2.49. The minimum atomic E-state index is -0.458. The first-order valence-electron chi connectivity index (χ1n) is 10.4. The Kier molecular flexibility index (Phi) is 6.98. The third-order valence-corrected chi connectivity index (χ3v) is 5.74. The van der Waals surface area contributed by atoms with Gasteiger partial charge in [-0.3, -0.25) is 9.59 Å². The van der Waals surface area contributed by atoms with Crippen LogP contribution in [0.15, 0.2) is 48.5 Å². The van der Waals surface area contributed by atoms with Gasteiger partial charge in [-0.1, -0.05) is 25.1 Å². The number of carbonyl (C=O) groups excluding carboxylic acids is 2. The summed E-state index contributed by atoms with van der Waals surface area (Å²) in [6.45, 7) is 4.03. The normalized spacial score (nSPS) is 19.9. The van der Waals surface area contributed by atoms with Crippen LogP contribution in [0.4, 0.5) is 5.69 Å². The molecule has 2 aromatic carbocycles. The van der Waals surface area contributed by atoms with E-state index in [2.05, 4.69) is 5.32 Å². The summed E-state index contributed by atoms with van der Waals surface area (Å²) in [6, 6.07) is 14.6. The van der Waals surface area contributed by atoms with E-state index in [1.807, 2.05) is 62.4 Å². The molecule has 1 heterocycles. The average Bonchev–Trinajstić information content (AvgIpc) is 2.78. The van der Waals surface area contributed by atoms with Crippen molar-refractivity contribution in [3.63, 3.8) is 0 Å². The number of methoxy groups -OCH3 is 2. The third-order valence-electron chi connectivity index (χ3n) is 5.74. The lowest BCUT2D eigenvalue weighted by Gasteiger charge is -2.41. The molecule has 0 spiro atoms. The topological polar surface area (TPSA) is 67.9 Å². The molecule has 160 valence electrons. The van der Waals surface area contributed by atoms with Gasteiger partial charge >= 0.3 is 0 Å². The molecule has 0 saturated carbocycles. The first-order valence-corrected chi connectivity index (χ1v) is 10.4. The quantitative estimate of drug-likeness (QED) is 0.746. The zero-order valence-corrected chi connectivity index (χ0v) is 18.1. The van der Waals surface area contributed by atoms with Gasteiger partial charge in [0, 0.05) is 23.7 Å². The Morgan fingerprint density at radius 1 is 1.13 bits per heavy atom. The Morgan fingerprint density at radius 3 is 2.47 bits per heavy atom. The van der Waals surface area contributed by atoms with E-state index in [0.29, 0.717) is 24.3 Å².